The Morgan fingerprint density at radius 1 is 1.42 bits per heavy atom. The van der Waals surface area contributed by atoms with Gasteiger partial charge in [0.05, 0.1) is 27.6 Å². The Morgan fingerprint density at radius 3 is 3.03 bits per heavy atom. The molecule has 0 fully saturated rings. The molecule has 31 heavy (non-hydrogen) atoms. The van der Waals surface area contributed by atoms with E-state index in [4.69, 9.17) is 9.72 Å². The minimum Gasteiger partial charge on any atom is -0.383 e. The molecule has 0 saturated heterocycles. The van der Waals surface area contributed by atoms with Crippen molar-refractivity contribution < 1.29 is 9.53 Å². The topological polar surface area (TPSA) is 73.2 Å². The molecule has 4 rings (SSSR count). The van der Waals surface area contributed by atoms with E-state index < -0.39 is 0 Å². The summed E-state index contributed by atoms with van der Waals surface area (Å²) in [7, 11) is 1.61. The molecule has 2 aromatic heterocycles. The van der Waals surface area contributed by atoms with Gasteiger partial charge in [-0.3, -0.25) is 14.2 Å². The second kappa shape index (κ2) is 9.77. The number of carbonyl (C=O) groups excluding carboxylic acids is 1. The van der Waals surface area contributed by atoms with Gasteiger partial charge in [0.25, 0.3) is 5.56 Å². The van der Waals surface area contributed by atoms with Crippen molar-refractivity contribution in [2.75, 3.05) is 25.2 Å². The number of amides is 1. The maximum atomic E-state index is 13.7. The third-order valence-electron chi connectivity index (χ3n) is 4.98. The summed E-state index contributed by atoms with van der Waals surface area (Å²) in [5.74, 6) is 1.14. The summed E-state index contributed by atoms with van der Waals surface area (Å²) >= 11 is 4.69. The number of rotatable bonds is 7. The highest BCUT2D eigenvalue weighted by Gasteiger charge is 2.23. The largest absolute Gasteiger partial charge is 0.383 e. The van der Waals surface area contributed by atoms with Crippen LogP contribution >= 0.6 is 34.9 Å². The molecule has 3 heterocycles. The zero-order valence-corrected chi connectivity index (χ0v) is 20.2. The molecule has 3 aromatic rings. The average Bonchev–Trinajstić information content (AvgIpc) is 3.11. The molecule has 0 saturated carbocycles. The number of carbonyl (C=O) groups is 1. The average molecular weight is 476 g/mol. The van der Waals surface area contributed by atoms with Crippen molar-refractivity contribution in [3.05, 3.63) is 45.7 Å². The number of hydrogen-bond acceptors (Lipinski definition) is 7. The molecule has 1 atom stereocenters. The molecular formula is C22H25N3O3S3. The van der Waals surface area contributed by atoms with Gasteiger partial charge in [0.2, 0.25) is 5.91 Å². The van der Waals surface area contributed by atoms with Crippen LogP contribution in [0, 0.1) is 6.92 Å². The number of fused-ring (bicyclic) bond motifs is 3. The minimum atomic E-state index is -0.110. The van der Waals surface area contributed by atoms with E-state index in [9.17, 15) is 9.59 Å². The molecule has 0 unspecified atom stereocenters. The fraction of sp³-hybridized carbons (Fsp3) is 0.409. The predicted octanol–water partition coefficient (Wildman–Crippen LogP) is 4.04. The number of benzene rings is 1. The van der Waals surface area contributed by atoms with Crippen LogP contribution in [0.3, 0.4) is 0 Å². The first-order valence-electron chi connectivity index (χ1n) is 10.2. The normalized spacial score (nSPS) is 14.4. The third-order valence-corrected chi connectivity index (χ3v) is 8.44. The summed E-state index contributed by atoms with van der Waals surface area (Å²) in [4.78, 5) is 31.7. The van der Waals surface area contributed by atoms with Crippen LogP contribution in [-0.4, -0.2) is 46.7 Å². The lowest BCUT2D eigenvalue weighted by Gasteiger charge is -2.15. The first kappa shape index (κ1) is 22.4. The molecule has 1 aliphatic rings. The van der Waals surface area contributed by atoms with Crippen molar-refractivity contribution in [3.63, 3.8) is 0 Å². The molecule has 1 N–H and O–H groups in total. The molecule has 6 nitrogen and oxygen atoms in total. The van der Waals surface area contributed by atoms with E-state index in [1.165, 1.54) is 16.0 Å². The van der Waals surface area contributed by atoms with Crippen LogP contribution in [0.5, 0.6) is 0 Å². The van der Waals surface area contributed by atoms with E-state index in [0.29, 0.717) is 11.8 Å². The SMILES string of the molecule is COC[C@@H](C)NC(=O)CSc1nc2sc3c(c2c(=O)n1-c1cccc(C)c1)CCCS3. The van der Waals surface area contributed by atoms with Gasteiger partial charge in [-0.25, -0.2) is 4.98 Å². The number of thiophene rings is 1. The molecule has 0 aliphatic carbocycles. The van der Waals surface area contributed by atoms with Gasteiger partial charge in [0.1, 0.15) is 4.83 Å². The first-order valence-corrected chi connectivity index (χ1v) is 13.0. The molecule has 0 bridgehead atoms. The van der Waals surface area contributed by atoms with E-state index in [2.05, 4.69) is 5.32 Å². The number of hydrogen-bond donors (Lipinski definition) is 1. The van der Waals surface area contributed by atoms with Gasteiger partial charge in [-0.2, -0.15) is 0 Å². The Hall–Kier alpha value is -1.81. The van der Waals surface area contributed by atoms with Crippen LogP contribution in [0.4, 0.5) is 0 Å². The van der Waals surface area contributed by atoms with E-state index in [0.717, 1.165) is 45.6 Å². The predicted molar refractivity (Wildman–Crippen MR) is 129 cm³/mol. The molecule has 1 amide bonds. The summed E-state index contributed by atoms with van der Waals surface area (Å²) in [5.41, 5.74) is 2.93. The Labute approximate surface area is 193 Å². The van der Waals surface area contributed by atoms with Gasteiger partial charge in [-0.1, -0.05) is 23.9 Å². The number of thioether (sulfide) groups is 2. The Morgan fingerprint density at radius 2 is 2.26 bits per heavy atom. The standard InChI is InChI=1S/C22H25N3O3S3/c1-13-6-4-7-15(10-13)25-20(27)18-16-8-5-9-29-21(16)31-19(18)24-22(25)30-12-17(26)23-14(2)11-28-3/h4,6-7,10,14H,5,8-9,11-12H2,1-3H3,(H,23,26)/t14-/m1/s1. The summed E-state index contributed by atoms with van der Waals surface area (Å²) in [5, 5.41) is 4.19. The maximum absolute atomic E-state index is 13.7. The van der Waals surface area contributed by atoms with Gasteiger partial charge in [0, 0.05) is 13.2 Å². The lowest BCUT2D eigenvalue weighted by molar-refractivity contribution is -0.119. The number of nitrogens with zero attached hydrogens (tertiary/aromatic N) is 2. The maximum Gasteiger partial charge on any atom is 0.267 e. The summed E-state index contributed by atoms with van der Waals surface area (Å²) in [6.07, 6.45) is 1.99. The number of methoxy groups -OCH3 is 1. The molecule has 1 aromatic carbocycles. The third kappa shape index (κ3) is 4.84. The van der Waals surface area contributed by atoms with Crippen molar-refractivity contribution in [2.45, 2.75) is 42.1 Å². The number of nitrogens with one attached hydrogen (secondary N) is 1. The monoisotopic (exact) mass is 475 g/mol. The van der Waals surface area contributed by atoms with Crippen LogP contribution in [0.15, 0.2) is 38.4 Å². The number of aromatic nitrogens is 2. The molecule has 164 valence electrons. The number of aryl methyl sites for hydroxylation is 2. The van der Waals surface area contributed by atoms with Crippen LogP contribution in [0.1, 0.15) is 24.5 Å². The Bertz CT molecular complexity index is 1170. The summed E-state index contributed by atoms with van der Waals surface area (Å²) in [6.45, 7) is 4.35. The van der Waals surface area contributed by atoms with Crippen molar-refractivity contribution in [3.8, 4) is 5.69 Å². The van der Waals surface area contributed by atoms with Crippen LogP contribution in [0.2, 0.25) is 0 Å². The van der Waals surface area contributed by atoms with Crippen molar-refractivity contribution >= 4 is 51.0 Å². The fourth-order valence-corrected chi connectivity index (χ4v) is 7.05. The lowest BCUT2D eigenvalue weighted by atomic mass is 10.1. The van der Waals surface area contributed by atoms with Gasteiger partial charge >= 0.3 is 0 Å². The van der Waals surface area contributed by atoms with E-state index >= 15 is 0 Å². The van der Waals surface area contributed by atoms with Crippen molar-refractivity contribution in [1.82, 2.24) is 14.9 Å². The second-order valence-electron chi connectivity index (χ2n) is 7.59. The van der Waals surface area contributed by atoms with Gasteiger partial charge in [-0.15, -0.1) is 23.1 Å². The number of ether oxygens (including phenoxy) is 1. The quantitative estimate of drug-likeness (QED) is 0.411. The summed E-state index contributed by atoms with van der Waals surface area (Å²) in [6, 6.07) is 7.76. The highest BCUT2D eigenvalue weighted by atomic mass is 32.2. The minimum absolute atomic E-state index is 0.0498. The zero-order chi connectivity index (χ0) is 22.0. The molecule has 1 aliphatic heterocycles. The van der Waals surface area contributed by atoms with Gasteiger partial charge in [-0.05, 0) is 55.7 Å². The highest BCUT2D eigenvalue weighted by Crippen LogP contribution is 2.40. The van der Waals surface area contributed by atoms with Crippen molar-refractivity contribution in [2.24, 2.45) is 0 Å². The smallest absolute Gasteiger partial charge is 0.267 e. The molecule has 0 radical (unpaired) electrons. The van der Waals surface area contributed by atoms with Gasteiger partial charge in [0.15, 0.2) is 5.16 Å². The fourth-order valence-electron chi connectivity index (χ4n) is 3.65. The summed E-state index contributed by atoms with van der Waals surface area (Å²) < 4.78 is 7.95. The molecular weight excluding hydrogens is 450 g/mol. The second-order valence-corrected chi connectivity index (χ2v) is 10.9. The zero-order valence-electron chi connectivity index (χ0n) is 17.8. The van der Waals surface area contributed by atoms with Crippen LogP contribution < -0.4 is 10.9 Å². The van der Waals surface area contributed by atoms with E-state index in [1.54, 1.807) is 23.0 Å². The Kier molecular flexibility index (Phi) is 7.05. The van der Waals surface area contributed by atoms with E-state index in [1.807, 2.05) is 49.9 Å². The van der Waals surface area contributed by atoms with Crippen LogP contribution in [0.25, 0.3) is 15.9 Å². The molecule has 9 heteroatoms. The molecule has 0 spiro atoms. The van der Waals surface area contributed by atoms with Crippen molar-refractivity contribution in [1.29, 1.82) is 0 Å². The van der Waals surface area contributed by atoms with Crippen LogP contribution in [-0.2, 0) is 16.0 Å². The lowest BCUT2D eigenvalue weighted by Crippen LogP contribution is -2.36. The Balaban J connectivity index is 1.75. The highest BCUT2D eigenvalue weighted by molar-refractivity contribution is 8.01. The van der Waals surface area contributed by atoms with Gasteiger partial charge < -0.3 is 10.1 Å². The van der Waals surface area contributed by atoms with E-state index in [-0.39, 0.29) is 23.3 Å². The first-order chi connectivity index (χ1) is 15.0.